The molecule has 0 bridgehead atoms. The molecule has 0 aliphatic heterocycles. The summed E-state index contributed by atoms with van der Waals surface area (Å²) in [6.45, 7) is 0. The van der Waals surface area contributed by atoms with Crippen molar-refractivity contribution in [2.45, 2.75) is 0 Å². The summed E-state index contributed by atoms with van der Waals surface area (Å²) in [7, 11) is 1.76. The molecule has 0 amide bonds. The highest BCUT2D eigenvalue weighted by Crippen LogP contribution is 1.99. The Hall–Kier alpha value is -1.37. The summed E-state index contributed by atoms with van der Waals surface area (Å²) in [6, 6.07) is 10.1. The summed E-state index contributed by atoms with van der Waals surface area (Å²) in [5.41, 5.74) is 1.20. The highest BCUT2D eigenvalue weighted by atomic mass is 14.6. The normalized spacial score (nSPS) is 11.4. The fraction of sp³-hybridized carbons (Fsp3) is 0.100. The van der Waals surface area contributed by atoms with Gasteiger partial charge in [-0.1, -0.05) is 36.4 Å². The molecule has 0 spiro atoms. The van der Waals surface area contributed by atoms with Gasteiger partial charge in [-0.2, -0.15) is 0 Å². The van der Waals surface area contributed by atoms with Crippen molar-refractivity contribution in [1.82, 2.24) is 0 Å². The van der Waals surface area contributed by atoms with Crippen molar-refractivity contribution in [3.05, 3.63) is 42.0 Å². The van der Waals surface area contributed by atoms with Gasteiger partial charge in [-0.15, -0.1) is 0 Å². The lowest BCUT2D eigenvalue weighted by Gasteiger charge is -1.87. The molecule has 0 heterocycles. The van der Waals surface area contributed by atoms with Crippen molar-refractivity contribution in [3.8, 4) is 0 Å². The van der Waals surface area contributed by atoms with Gasteiger partial charge in [-0.25, -0.2) is 0 Å². The van der Waals surface area contributed by atoms with E-state index < -0.39 is 0 Å². The summed E-state index contributed by atoms with van der Waals surface area (Å²) in [5.74, 6) is 0. The lowest BCUT2D eigenvalue weighted by molar-refractivity contribution is 1.48. The first-order valence-electron chi connectivity index (χ1n) is 3.57. The molecule has 0 N–H and O–H groups in total. The third-order valence-electron chi connectivity index (χ3n) is 1.32. The van der Waals surface area contributed by atoms with Crippen LogP contribution >= 0.6 is 0 Å². The molecule has 1 aromatic carbocycles. The Morgan fingerprint density at radius 3 is 2.55 bits per heavy atom. The van der Waals surface area contributed by atoms with E-state index in [0.29, 0.717) is 0 Å². The highest BCUT2D eigenvalue weighted by Gasteiger charge is 1.78. The van der Waals surface area contributed by atoms with Gasteiger partial charge in [-0.05, 0) is 11.6 Å². The maximum atomic E-state index is 3.84. The van der Waals surface area contributed by atoms with E-state index >= 15 is 0 Å². The Bertz CT molecular complexity index is 247. The van der Waals surface area contributed by atoms with Crippen LogP contribution in [0.4, 0.5) is 0 Å². The number of aliphatic imine (C=N–C) groups is 1. The van der Waals surface area contributed by atoms with E-state index in [2.05, 4.69) is 17.1 Å². The number of nitrogens with zero attached hydrogens (tertiary/aromatic N) is 1. The van der Waals surface area contributed by atoms with Gasteiger partial charge in [0.25, 0.3) is 0 Å². The Balaban J connectivity index is 2.64. The maximum Gasteiger partial charge on any atom is 0.0277 e. The van der Waals surface area contributed by atoms with Crippen LogP contribution in [0.15, 0.2) is 41.4 Å². The van der Waals surface area contributed by atoms with Gasteiger partial charge in [0.15, 0.2) is 0 Å². The Morgan fingerprint density at radius 2 is 1.91 bits per heavy atom. The molecule has 11 heavy (non-hydrogen) atoms. The van der Waals surface area contributed by atoms with Crippen molar-refractivity contribution >= 4 is 12.3 Å². The molecule has 0 atom stereocenters. The Morgan fingerprint density at radius 1 is 1.18 bits per heavy atom. The molecule has 0 fully saturated rings. The molecule has 1 aromatic rings. The van der Waals surface area contributed by atoms with Gasteiger partial charge < -0.3 is 0 Å². The van der Waals surface area contributed by atoms with Gasteiger partial charge in [0, 0.05) is 13.3 Å². The van der Waals surface area contributed by atoms with Crippen LogP contribution in [0, 0.1) is 0 Å². The Kier molecular flexibility index (Phi) is 3.13. The second-order valence-electron chi connectivity index (χ2n) is 2.18. The molecule has 0 aromatic heterocycles. The van der Waals surface area contributed by atoms with Crippen LogP contribution in [0.25, 0.3) is 6.08 Å². The minimum atomic E-state index is 1.20. The fourth-order valence-electron chi connectivity index (χ4n) is 0.804. The molecule has 0 unspecified atom stereocenters. The summed E-state index contributed by atoms with van der Waals surface area (Å²) in [5, 5.41) is 0. The number of allylic oxidation sites excluding steroid dienone is 1. The van der Waals surface area contributed by atoms with Gasteiger partial charge >= 0.3 is 0 Å². The van der Waals surface area contributed by atoms with Crippen LogP contribution in [-0.2, 0) is 0 Å². The van der Waals surface area contributed by atoms with Crippen molar-refractivity contribution in [3.63, 3.8) is 0 Å². The first kappa shape index (κ1) is 7.73. The summed E-state index contributed by atoms with van der Waals surface area (Å²) < 4.78 is 0. The topological polar surface area (TPSA) is 12.4 Å². The highest BCUT2D eigenvalue weighted by molar-refractivity contribution is 5.77. The molecule has 0 radical (unpaired) electrons. The Labute approximate surface area is 67.1 Å². The summed E-state index contributed by atoms with van der Waals surface area (Å²) in [6.07, 6.45) is 5.72. The average Bonchev–Trinajstić information content (AvgIpc) is 2.07. The number of hydrogen-bond acceptors (Lipinski definition) is 1. The molecule has 0 saturated heterocycles. The molecule has 0 aliphatic rings. The van der Waals surface area contributed by atoms with Gasteiger partial charge in [0.05, 0.1) is 0 Å². The van der Waals surface area contributed by atoms with E-state index in [0.717, 1.165) is 0 Å². The third kappa shape index (κ3) is 2.80. The molecular formula is C10H11N. The first-order chi connectivity index (χ1) is 5.43. The zero-order valence-corrected chi connectivity index (χ0v) is 6.57. The number of benzene rings is 1. The smallest absolute Gasteiger partial charge is 0.0277 e. The third-order valence-corrected chi connectivity index (χ3v) is 1.32. The van der Waals surface area contributed by atoms with Crippen molar-refractivity contribution in [2.75, 3.05) is 7.05 Å². The van der Waals surface area contributed by atoms with E-state index in [-0.39, 0.29) is 0 Å². The van der Waals surface area contributed by atoms with Crippen molar-refractivity contribution in [2.24, 2.45) is 4.99 Å². The van der Waals surface area contributed by atoms with Crippen molar-refractivity contribution in [1.29, 1.82) is 0 Å². The number of hydrogen-bond donors (Lipinski definition) is 0. The van der Waals surface area contributed by atoms with E-state index in [1.165, 1.54) is 5.56 Å². The van der Waals surface area contributed by atoms with Gasteiger partial charge in [0.1, 0.15) is 0 Å². The molecule has 0 aliphatic carbocycles. The second kappa shape index (κ2) is 4.45. The molecule has 56 valence electrons. The average molecular weight is 145 g/mol. The molecule has 1 nitrogen and oxygen atoms in total. The van der Waals surface area contributed by atoms with Gasteiger partial charge in [0.2, 0.25) is 0 Å². The largest absolute Gasteiger partial charge is 0.297 e. The standard InChI is InChI=1S/C10H11N/c1-11-9-5-8-10-6-3-2-4-7-10/h2-9H,1H3/b8-5-,11-9?. The minimum absolute atomic E-state index is 1.20. The summed E-state index contributed by atoms with van der Waals surface area (Å²) >= 11 is 0. The molecule has 1 rings (SSSR count). The van der Waals surface area contributed by atoms with Crippen LogP contribution in [0.3, 0.4) is 0 Å². The first-order valence-corrected chi connectivity index (χ1v) is 3.57. The van der Waals surface area contributed by atoms with Crippen molar-refractivity contribution < 1.29 is 0 Å². The monoisotopic (exact) mass is 145 g/mol. The summed E-state index contributed by atoms with van der Waals surface area (Å²) in [4.78, 5) is 3.84. The SMILES string of the molecule is CN=C/C=C\c1ccccc1. The molecular weight excluding hydrogens is 134 g/mol. The predicted octanol–water partition coefficient (Wildman–Crippen LogP) is 2.40. The number of rotatable bonds is 2. The lowest BCUT2D eigenvalue weighted by atomic mass is 10.2. The lowest BCUT2D eigenvalue weighted by Crippen LogP contribution is -1.68. The van der Waals surface area contributed by atoms with Crippen LogP contribution < -0.4 is 0 Å². The quantitative estimate of drug-likeness (QED) is 0.567. The maximum absolute atomic E-state index is 3.84. The minimum Gasteiger partial charge on any atom is -0.297 e. The van der Waals surface area contributed by atoms with E-state index in [1.54, 1.807) is 13.3 Å². The molecule has 0 saturated carbocycles. The van der Waals surface area contributed by atoms with Gasteiger partial charge in [-0.3, -0.25) is 4.99 Å². The second-order valence-corrected chi connectivity index (χ2v) is 2.18. The van der Waals surface area contributed by atoms with E-state index in [9.17, 15) is 0 Å². The molecule has 1 heteroatoms. The zero-order valence-electron chi connectivity index (χ0n) is 6.57. The fourth-order valence-corrected chi connectivity index (χ4v) is 0.804. The van der Waals surface area contributed by atoms with Crippen LogP contribution in [0.2, 0.25) is 0 Å². The predicted molar refractivity (Wildman–Crippen MR) is 49.9 cm³/mol. The van der Waals surface area contributed by atoms with Crippen LogP contribution in [0.5, 0.6) is 0 Å². The van der Waals surface area contributed by atoms with E-state index in [1.807, 2.05) is 30.4 Å². The van der Waals surface area contributed by atoms with Crippen LogP contribution in [0.1, 0.15) is 5.56 Å². The van der Waals surface area contributed by atoms with E-state index in [4.69, 9.17) is 0 Å². The van der Waals surface area contributed by atoms with Crippen LogP contribution in [-0.4, -0.2) is 13.3 Å². The zero-order chi connectivity index (χ0) is 7.94.